The van der Waals surface area contributed by atoms with Crippen LogP contribution in [0.15, 0.2) is 72.8 Å². The highest BCUT2D eigenvalue weighted by Crippen LogP contribution is 2.25. The first-order chi connectivity index (χ1) is 12.4. The van der Waals surface area contributed by atoms with E-state index in [0.717, 1.165) is 6.42 Å². The van der Waals surface area contributed by atoms with Crippen LogP contribution >= 0.6 is 0 Å². The number of benzene rings is 4. The lowest BCUT2D eigenvalue weighted by Gasteiger charge is -2.13. The van der Waals surface area contributed by atoms with Crippen LogP contribution in [0.25, 0.3) is 44.8 Å². The van der Waals surface area contributed by atoms with Gasteiger partial charge < -0.3 is 0 Å². The van der Waals surface area contributed by atoms with E-state index < -0.39 is 0 Å². The summed E-state index contributed by atoms with van der Waals surface area (Å²) in [7, 11) is 0. The largest absolute Gasteiger partial charge is 0.0715 e. The van der Waals surface area contributed by atoms with Crippen LogP contribution in [-0.4, -0.2) is 0 Å². The summed E-state index contributed by atoms with van der Waals surface area (Å²) < 4.78 is 0. The molecule has 0 nitrogen and oxygen atoms in total. The van der Waals surface area contributed by atoms with Crippen LogP contribution in [0.4, 0.5) is 0 Å². The molecule has 0 radical (unpaired) electrons. The summed E-state index contributed by atoms with van der Waals surface area (Å²) in [4.78, 5) is 0. The minimum absolute atomic E-state index is 1.01. The Morgan fingerprint density at radius 2 is 1.44 bits per heavy atom. The third-order valence-electron chi connectivity index (χ3n) is 5.66. The van der Waals surface area contributed by atoms with Gasteiger partial charge in [0.2, 0.25) is 0 Å². The standard InChI is InChI=1S/C25H16/c1-4-8-20-16(5-1)9-10-17-11-12-22-23(25(17)20)14-13-21-19-7-3-2-6-18(19)15-24(21)22/h1-12,14-15H,13H2. The van der Waals surface area contributed by atoms with Gasteiger partial charge in [-0.25, -0.2) is 0 Å². The molecule has 0 saturated heterocycles. The number of fused-ring (bicyclic) bond motifs is 7. The molecule has 0 spiro atoms. The topological polar surface area (TPSA) is 0 Å². The van der Waals surface area contributed by atoms with Crippen LogP contribution in [0.3, 0.4) is 0 Å². The van der Waals surface area contributed by atoms with Crippen molar-refractivity contribution in [3.8, 4) is 0 Å². The summed E-state index contributed by atoms with van der Waals surface area (Å²) in [5, 5.41) is 10.9. The molecular formula is C25H16. The Morgan fingerprint density at radius 1 is 0.640 bits per heavy atom. The highest BCUT2D eigenvalue weighted by atomic mass is 14.2. The molecule has 116 valence electrons. The zero-order chi connectivity index (χ0) is 16.4. The van der Waals surface area contributed by atoms with E-state index in [1.165, 1.54) is 53.6 Å². The quantitative estimate of drug-likeness (QED) is 0.438. The van der Waals surface area contributed by atoms with Gasteiger partial charge in [-0.05, 0) is 66.1 Å². The Bertz CT molecular complexity index is 1450. The predicted octanol–water partition coefficient (Wildman–Crippen LogP) is 2.97. The van der Waals surface area contributed by atoms with Crippen molar-refractivity contribution in [3.63, 3.8) is 0 Å². The summed E-state index contributed by atoms with van der Waals surface area (Å²) >= 11 is 0. The highest BCUT2D eigenvalue weighted by Gasteiger charge is 2.15. The zero-order valence-corrected chi connectivity index (χ0v) is 13.8. The molecule has 4 aromatic rings. The normalized spacial score (nSPS) is 14.7. The fourth-order valence-electron chi connectivity index (χ4n) is 4.52. The second-order valence-corrected chi connectivity index (χ2v) is 6.94. The fourth-order valence-corrected chi connectivity index (χ4v) is 4.52. The summed E-state index contributed by atoms with van der Waals surface area (Å²) in [5.41, 5.74) is 2.89. The Balaban J connectivity index is 1.88. The van der Waals surface area contributed by atoms with Gasteiger partial charge in [0.15, 0.2) is 0 Å². The van der Waals surface area contributed by atoms with Gasteiger partial charge >= 0.3 is 0 Å². The van der Waals surface area contributed by atoms with Gasteiger partial charge in [-0.2, -0.15) is 0 Å². The van der Waals surface area contributed by atoms with E-state index >= 15 is 0 Å². The van der Waals surface area contributed by atoms with Crippen molar-refractivity contribution in [1.29, 1.82) is 0 Å². The molecule has 0 bridgehead atoms. The molecular weight excluding hydrogens is 300 g/mol. The molecule has 25 heavy (non-hydrogen) atoms. The summed E-state index contributed by atoms with van der Waals surface area (Å²) in [6.45, 7) is 0. The molecule has 0 aromatic heterocycles. The van der Waals surface area contributed by atoms with Gasteiger partial charge in [-0.15, -0.1) is 0 Å². The Hall–Kier alpha value is -3.12. The lowest BCUT2D eigenvalue weighted by molar-refractivity contribution is 1.41. The van der Waals surface area contributed by atoms with E-state index in [1.807, 2.05) is 0 Å². The molecule has 0 saturated carbocycles. The first-order valence-electron chi connectivity index (χ1n) is 8.85. The molecule has 0 amide bonds. The molecule has 6 rings (SSSR count). The number of hydrogen-bond donors (Lipinski definition) is 0. The van der Waals surface area contributed by atoms with Gasteiger partial charge in [-0.3, -0.25) is 0 Å². The number of rotatable bonds is 0. The fraction of sp³-hybridized carbons (Fsp3) is 0.0400. The number of hydrogen-bond acceptors (Lipinski definition) is 0. The van der Waals surface area contributed by atoms with Crippen molar-refractivity contribution >= 4 is 44.8 Å². The van der Waals surface area contributed by atoms with Crippen molar-refractivity contribution in [1.82, 2.24) is 0 Å². The van der Waals surface area contributed by atoms with E-state index in [2.05, 4.69) is 84.9 Å². The Labute approximate surface area is 145 Å². The van der Waals surface area contributed by atoms with Crippen LogP contribution in [0.1, 0.15) is 6.42 Å². The monoisotopic (exact) mass is 316 g/mol. The van der Waals surface area contributed by atoms with Crippen LogP contribution in [-0.2, 0) is 0 Å². The maximum atomic E-state index is 2.43. The molecule has 2 aliphatic rings. The van der Waals surface area contributed by atoms with E-state index in [4.69, 9.17) is 0 Å². The minimum atomic E-state index is 1.01. The average molecular weight is 316 g/mol. The van der Waals surface area contributed by atoms with Crippen molar-refractivity contribution in [2.45, 2.75) is 6.42 Å². The molecule has 2 aliphatic carbocycles. The van der Waals surface area contributed by atoms with E-state index in [1.54, 1.807) is 0 Å². The van der Waals surface area contributed by atoms with Crippen molar-refractivity contribution in [2.75, 3.05) is 0 Å². The van der Waals surface area contributed by atoms with Crippen LogP contribution < -0.4 is 20.9 Å². The highest BCUT2D eigenvalue weighted by molar-refractivity contribution is 6.12. The Kier molecular flexibility index (Phi) is 2.48. The Morgan fingerprint density at radius 3 is 2.44 bits per heavy atom. The van der Waals surface area contributed by atoms with Crippen LogP contribution in [0, 0.1) is 0 Å². The van der Waals surface area contributed by atoms with E-state index in [0.29, 0.717) is 0 Å². The molecule has 0 fully saturated rings. The van der Waals surface area contributed by atoms with Gasteiger partial charge in [0.05, 0.1) is 0 Å². The first kappa shape index (κ1) is 13.2. The van der Waals surface area contributed by atoms with E-state index in [9.17, 15) is 0 Å². The van der Waals surface area contributed by atoms with Crippen molar-refractivity contribution < 1.29 is 0 Å². The third-order valence-corrected chi connectivity index (χ3v) is 5.66. The average Bonchev–Trinajstić information content (AvgIpc) is 3.06. The minimum Gasteiger partial charge on any atom is -0.0715 e. The zero-order valence-electron chi connectivity index (χ0n) is 13.8. The van der Waals surface area contributed by atoms with Gasteiger partial charge in [-0.1, -0.05) is 78.9 Å². The molecule has 0 N–H and O–H groups in total. The summed E-state index contributed by atoms with van der Waals surface area (Å²) in [6, 6.07) is 26.5. The molecule has 0 heterocycles. The maximum absolute atomic E-state index is 2.43. The third kappa shape index (κ3) is 1.71. The maximum Gasteiger partial charge on any atom is -0.00297 e. The molecule has 0 atom stereocenters. The second kappa shape index (κ2) is 4.70. The molecule has 4 aromatic carbocycles. The molecule has 0 unspecified atom stereocenters. The van der Waals surface area contributed by atoms with Gasteiger partial charge in [0.1, 0.15) is 0 Å². The SMILES string of the molecule is C1=c2ccccc2=C2CC=c3c(ccc4ccc5ccccc5c34)=C12. The lowest BCUT2D eigenvalue weighted by atomic mass is 9.91. The van der Waals surface area contributed by atoms with E-state index in [-0.39, 0.29) is 0 Å². The van der Waals surface area contributed by atoms with Crippen LogP contribution in [0.5, 0.6) is 0 Å². The smallest absolute Gasteiger partial charge is 0.00297 e. The molecule has 0 heteroatoms. The van der Waals surface area contributed by atoms with Crippen molar-refractivity contribution in [3.05, 3.63) is 93.7 Å². The second-order valence-electron chi connectivity index (χ2n) is 6.94. The van der Waals surface area contributed by atoms with Gasteiger partial charge in [0, 0.05) is 0 Å². The van der Waals surface area contributed by atoms with Crippen molar-refractivity contribution in [2.24, 2.45) is 0 Å². The summed E-state index contributed by atoms with van der Waals surface area (Å²) in [5.74, 6) is 0. The van der Waals surface area contributed by atoms with Crippen LogP contribution in [0.2, 0.25) is 0 Å². The van der Waals surface area contributed by atoms with Gasteiger partial charge in [0.25, 0.3) is 0 Å². The lowest BCUT2D eigenvalue weighted by Crippen LogP contribution is -2.30. The summed E-state index contributed by atoms with van der Waals surface area (Å²) in [6.07, 6.45) is 5.81. The first-order valence-corrected chi connectivity index (χ1v) is 8.85. The predicted molar refractivity (Wildman–Crippen MR) is 107 cm³/mol. The molecule has 0 aliphatic heterocycles.